The van der Waals surface area contributed by atoms with E-state index in [9.17, 15) is 0 Å². The van der Waals surface area contributed by atoms with Gasteiger partial charge in [-0.1, -0.05) is 35.8 Å². The Balaban J connectivity index is 1.89. The first-order valence-corrected chi connectivity index (χ1v) is 7.86. The topological polar surface area (TPSA) is 6.48 Å². The van der Waals surface area contributed by atoms with Gasteiger partial charge in [-0.15, -0.1) is 0 Å². The van der Waals surface area contributed by atoms with Gasteiger partial charge in [0, 0.05) is 36.9 Å². The summed E-state index contributed by atoms with van der Waals surface area (Å²) in [6.45, 7) is 0.403. The van der Waals surface area contributed by atoms with E-state index in [2.05, 4.69) is 78.5 Å². The molecule has 0 bridgehead atoms. The SMILES string of the molecule is CN1C2=C(CC=C2)B2c3ccccc3N(C)c3cccc1c32. The average Bonchev–Trinajstić information content (AvgIpc) is 3.04. The molecule has 0 spiro atoms. The third-order valence-corrected chi connectivity index (χ3v) is 5.33. The number of likely N-dealkylation sites (N-methyl/N-ethyl adjacent to an activating group) is 1. The fourth-order valence-corrected chi connectivity index (χ4v) is 4.34. The van der Waals surface area contributed by atoms with E-state index in [-0.39, 0.29) is 0 Å². The predicted octanol–water partition coefficient (Wildman–Crippen LogP) is 2.58. The van der Waals surface area contributed by atoms with Crippen LogP contribution in [0.5, 0.6) is 0 Å². The van der Waals surface area contributed by atoms with Crippen molar-refractivity contribution in [1.29, 1.82) is 0 Å². The maximum absolute atomic E-state index is 2.36. The van der Waals surface area contributed by atoms with E-state index < -0.39 is 0 Å². The zero-order valence-electron chi connectivity index (χ0n) is 12.9. The fourth-order valence-electron chi connectivity index (χ4n) is 4.34. The highest BCUT2D eigenvalue weighted by Gasteiger charge is 2.41. The molecule has 0 amide bonds. The molecule has 2 aromatic carbocycles. The summed E-state index contributed by atoms with van der Waals surface area (Å²) in [5, 5.41) is 0. The number of hydrogen-bond donors (Lipinski definition) is 0. The largest absolute Gasteiger partial charge is 0.346 e. The van der Waals surface area contributed by atoms with Crippen LogP contribution in [0.25, 0.3) is 0 Å². The lowest BCUT2D eigenvalue weighted by Gasteiger charge is -2.41. The quantitative estimate of drug-likeness (QED) is 0.686. The highest BCUT2D eigenvalue weighted by molar-refractivity contribution is 6.95. The van der Waals surface area contributed by atoms with Crippen LogP contribution >= 0.6 is 0 Å². The molecule has 0 N–H and O–H groups in total. The fraction of sp³-hybridized carbons (Fsp3) is 0.158. The van der Waals surface area contributed by atoms with Crippen molar-refractivity contribution in [3.63, 3.8) is 0 Å². The molecule has 106 valence electrons. The molecule has 2 nitrogen and oxygen atoms in total. The molecule has 3 heteroatoms. The summed E-state index contributed by atoms with van der Waals surface area (Å²) in [4.78, 5) is 4.70. The lowest BCUT2D eigenvalue weighted by Crippen LogP contribution is -2.55. The van der Waals surface area contributed by atoms with E-state index in [1.807, 2.05) is 0 Å². The van der Waals surface area contributed by atoms with Crippen molar-refractivity contribution < 1.29 is 0 Å². The van der Waals surface area contributed by atoms with Gasteiger partial charge in [0.25, 0.3) is 0 Å². The van der Waals surface area contributed by atoms with Gasteiger partial charge in [-0.25, -0.2) is 0 Å². The van der Waals surface area contributed by atoms with Crippen LogP contribution in [-0.4, -0.2) is 20.8 Å². The highest BCUT2D eigenvalue weighted by atomic mass is 15.1. The zero-order valence-corrected chi connectivity index (χ0v) is 12.9. The molecule has 2 aromatic rings. The molecular weight excluding hydrogens is 267 g/mol. The van der Waals surface area contributed by atoms with Gasteiger partial charge in [0.1, 0.15) is 0 Å². The van der Waals surface area contributed by atoms with Crippen LogP contribution in [0, 0.1) is 0 Å². The molecule has 0 aromatic heterocycles. The minimum Gasteiger partial charge on any atom is -0.346 e. The molecule has 0 radical (unpaired) electrons. The summed E-state index contributed by atoms with van der Waals surface area (Å²) in [6, 6.07) is 15.5. The maximum atomic E-state index is 2.36. The minimum absolute atomic E-state index is 0.403. The van der Waals surface area contributed by atoms with Crippen LogP contribution in [-0.2, 0) is 0 Å². The van der Waals surface area contributed by atoms with Crippen LogP contribution < -0.4 is 20.7 Å². The van der Waals surface area contributed by atoms with Crippen molar-refractivity contribution in [1.82, 2.24) is 0 Å². The molecular formula is C19H17BN2. The maximum Gasteiger partial charge on any atom is 0.247 e. The van der Waals surface area contributed by atoms with E-state index in [0.717, 1.165) is 6.42 Å². The summed E-state index contributed by atoms with van der Waals surface area (Å²) in [5.41, 5.74) is 9.85. The van der Waals surface area contributed by atoms with Gasteiger partial charge in [-0.2, -0.15) is 0 Å². The van der Waals surface area contributed by atoms with Crippen molar-refractivity contribution in [3.05, 3.63) is 65.8 Å². The monoisotopic (exact) mass is 284 g/mol. The van der Waals surface area contributed by atoms with E-state index in [4.69, 9.17) is 0 Å². The Kier molecular flexibility index (Phi) is 2.25. The summed E-state index contributed by atoms with van der Waals surface area (Å²) < 4.78 is 0. The summed E-state index contributed by atoms with van der Waals surface area (Å²) >= 11 is 0. The third kappa shape index (κ3) is 1.32. The van der Waals surface area contributed by atoms with Crippen molar-refractivity contribution in [2.24, 2.45) is 0 Å². The molecule has 2 aliphatic heterocycles. The van der Waals surface area contributed by atoms with E-state index >= 15 is 0 Å². The van der Waals surface area contributed by atoms with Crippen molar-refractivity contribution >= 4 is 34.7 Å². The van der Waals surface area contributed by atoms with Crippen LogP contribution in [0.2, 0.25) is 0 Å². The number of para-hydroxylation sites is 1. The van der Waals surface area contributed by atoms with Gasteiger partial charge < -0.3 is 9.80 Å². The third-order valence-electron chi connectivity index (χ3n) is 5.33. The van der Waals surface area contributed by atoms with Crippen LogP contribution in [0.15, 0.2) is 65.8 Å². The van der Waals surface area contributed by atoms with Gasteiger partial charge in [-0.05, 0) is 41.6 Å². The molecule has 0 unspecified atom stereocenters. The molecule has 22 heavy (non-hydrogen) atoms. The first-order chi connectivity index (χ1) is 10.8. The Bertz CT molecular complexity index is 865. The summed E-state index contributed by atoms with van der Waals surface area (Å²) in [7, 11) is 4.37. The Morgan fingerprint density at radius 2 is 1.59 bits per heavy atom. The molecule has 0 saturated carbocycles. The molecule has 5 rings (SSSR count). The number of hydrogen-bond acceptors (Lipinski definition) is 2. The second-order valence-corrected chi connectivity index (χ2v) is 6.34. The zero-order chi connectivity index (χ0) is 14.8. The standard InChI is InChI=1S/C19H17BN2/c1-21-15-9-4-3-7-13(15)20-14-8-5-10-16(14)22(2)18-12-6-11-17(21)19(18)20/h3-7,9-12H,8H2,1-2H3. The van der Waals surface area contributed by atoms with Crippen molar-refractivity contribution in [3.8, 4) is 0 Å². The van der Waals surface area contributed by atoms with Crippen molar-refractivity contribution in [2.75, 3.05) is 23.9 Å². The number of allylic oxidation sites excluding steroid dienone is 3. The van der Waals surface area contributed by atoms with E-state index in [1.165, 1.54) is 33.7 Å². The second-order valence-electron chi connectivity index (χ2n) is 6.34. The normalized spacial score (nSPS) is 17.6. The van der Waals surface area contributed by atoms with Gasteiger partial charge in [-0.3, -0.25) is 0 Å². The summed E-state index contributed by atoms with van der Waals surface area (Å²) in [5.74, 6) is 0. The smallest absolute Gasteiger partial charge is 0.247 e. The van der Waals surface area contributed by atoms with Crippen LogP contribution in [0.4, 0.5) is 17.1 Å². The molecule has 1 aliphatic carbocycles. The van der Waals surface area contributed by atoms with Crippen molar-refractivity contribution in [2.45, 2.75) is 6.42 Å². The lowest BCUT2D eigenvalue weighted by atomic mass is 9.33. The van der Waals surface area contributed by atoms with E-state index in [0.29, 0.717) is 6.71 Å². The number of benzene rings is 2. The number of anilines is 3. The van der Waals surface area contributed by atoms with E-state index in [1.54, 1.807) is 5.47 Å². The summed E-state index contributed by atoms with van der Waals surface area (Å²) in [6.07, 6.45) is 5.65. The average molecular weight is 284 g/mol. The number of nitrogens with zero attached hydrogens (tertiary/aromatic N) is 2. The molecule has 3 aliphatic rings. The number of rotatable bonds is 0. The first kappa shape index (κ1) is 12.2. The Hall–Kier alpha value is -2.42. The second kappa shape index (κ2) is 4.07. The molecule has 0 saturated heterocycles. The van der Waals surface area contributed by atoms with Crippen LogP contribution in [0.3, 0.4) is 0 Å². The Labute approximate surface area is 131 Å². The molecule has 2 heterocycles. The van der Waals surface area contributed by atoms with Gasteiger partial charge in [0.15, 0.2) is 0 Å². The Morgan fingerprint density at radius 1 is 0.864 bits per heavy atom. The number of fused-ring (bicyclic) bond motifs is 3. The Morgan fingerprint density at radius 3 is 2.45 bits per heavy atom. The van der Waals surface area contributed by atoms with Gasteiger partial charge in [0.05, 0.1) is 0 Å². The predicted molar refractivity (Wildman–Crippen MR) is 95.2 cm³/mol. The highest BCUT2D eigenvalue weighted by Crippen LogP contribution is 2.39. The van der Waals surface area contributed by atoms with Gasteiger partial charge >= 0.3 is 0 Å². The van der Waals surface area contributed by atoms with Crippen LogP contribution in [0.1, 0.15) is 6.42 Å². The van der Waals surface area contributed by atoms with Gasteiger partial charge in [0.2, 0.25) is 6.71 Å². The first-order valence-electron chi connectivity index (χ1n) is 7.86. The lowest BCUT2D eigenvalue weighted by molar-refractivity contribution is 1.11. The molecule has 0 fully saturated rings. The molecule has 0 atom stereocenters. The minimum atomic E-state index is 0.403.